The van der Waals surface area contributed by atoms with Crippen LogP contribution in [0.1, 0.15) is 23.2 Å². The van der Waals surface area contributed by atoms with Crippen LogP contribution in [0.4, 0.5) is 14.6 Å². The second-order valence-corrected chi connectivity index (χ2v) is 6.71. The molecule has 1 amide bonds. The molecule has 3 heterocycles. The van der Waals surface area contributed by atoms with E-state index in [9.17, 15) is 18.8 Å². The van der Waals surface area contributed by atoms with Gasteiger partial charge in [-0.05, 0) is 18.2 Å². The van der Waals surface area contributed by atoms with E-state index < -0.39 is 6.43 Å². The SMILES string of the molecule is N#Cc1cnn(-c2ccc(C(F)F)cc2)c1COc1ccc(N2CCNC(=O)C2)nn1. The molecule has 1 aromatic carbocycles. The van der Waals surface area contributed by atoms with Crippen molar-refractivity contribution in [3.05, 3.63) is 59.4 Å². The van der Waals surface area contributed by atoms with Crippen LogP contribution in [0.5, 0.6) is 5.88 Å². The number of aromatic nitrogens is 4. The number of ether oxygens (including phenoxy) is 1. The molecule has 2 aromatic heterocycles. The number of hydrogen-bond donors (Lipinski definition) is 1. The first-order chi connectivity index (χ1) is 15.0. The van der Waals surface area contributed by atoms with Crippen LogP contribution in [0.25, 0.3) is 5.69 Å². The highest BCUT2D eigenvalue weighted by molar-refractivity contribution is 5.82. The number of rotatable bonds is 6. The fourth-order valence-corrected chi connectivity index (χ4v) is 3.12. The molecule has 0 unspecified atom stereocenters. The highest BCUT2D eigenvalue weighted by Crippen LogP contribution is 2.22. The summed E-state index contributed by atoms with van der Waals surface area (Å²) in [5.41, 5.74) is 1.16. The van der Waals surface area contributed by atoms with Crippen LogP contribution in [-0.4, -0.2) is 45.5 Å². The Morgan fingerprint density at radius 3 is 2.65 bits per heavy atom. The second-order valence-electron chi connectivity index (χ2n) is 6.71. The lowest BCUT2D eigenvalue weighted by molar-refractivity contribution is -0.120. The lowest BCUT2D eigenvalue weighted by Gasteiger charge is -2.27. The summed E-state index contributed by atoms with van der Waals surface area (Å²) in [5.74, 6) is 0.714. The van der Waals surface area contributed by atoms with Crippen molar-refractivity contribution in [2.24, 2.45) is 0 Å². The van der Waals surface area contributed by atoms with Gasteiger partial charge in [-0.25, -0.2) is 13.5 Å². The maximum Gasteiger partial charge on any atom is 0.263 e. The number of alkyl halides is 2. The maximum atomic E-state index is 12.8. The molecule has 11 heteroatoms. The summed E-state index contributed by atoms with van der Waals surface area (Å²) in [5, 5.41) is 24.4. The van der Waals surface area contributed by atoms with Crippen molar-refractivity contribution in [3.63, 3.8) is 0 Å². The lowest BCUT2D eigenvalue weighted by Crippen LogP contribution is -2.48. The monoisotopic (exact) mass is 425 g/mol. The number of nitriles is 1. The molecule has 31 heavy (non-hydrogen) atoms. The van der Waals surface area contributed by atoms with Gasteiger partial charge >= 0.3 is 0 Å². The van der Waals surface area contributed by atoms with E-state index in [4.69, 9.17) is 4.74 Å². The van der Waals surface area contributed by atoms with Crippen LogP contribution in [-0.2, 0) is 11.4 Å². The largest absolute Gasteiger partial charge is 0.470 e. The summed E-state index contributed by atoms with van der Waals surface area (Å²) in [4.78, 5) is 13.3. The van der Waals surface area contributed by atoms with Crippen molar-refractivity contribution in [2.45, 2.75) is 13.0 Å². The third-order valence-electron chi connectivity index (χ3n) is 4.72. The molecule has 1 fully saturated rings. The Morgan fingerprint density at radius 2 is 2.00 bits per heavy atom. The number of carbonyl (C=O) groups excluding carboxylic acids is 1. The van der Waals surface area contributed by atoms with Gasteiger partial charge in [0.2, 0.25) is 11.8 Å². The topological polar surface area (TPSA) is 109 Å². The number of benzene rings is 1. The molecule has 0 radical (unpaired) electrons. The Morgan fingerprint density at radius 1 is 1.19 bits per heavy atom. The number of carbonyl (C=O) groups is 1. The molecule has 4 rings (SSSR count). The Balaban J connectivity index is 1.49. The smallest absolute Gasteiger partial charge is 0.263 e. The fraction of sp³-hybridized carbons (Fsp3) is 0.250. The third-order valence-corrected chi connectivity index (χ3v) is 4.72. The predicted molar refractivity (Wildman–Crippen MR) is 105 cm³/mol. The van der Waals surface area contributed by atoms with E-state index in [0.717, 1.165) is 0 Å². The quantitative estimate of drug-likeness (QED) is 0.643. The molecular formula is C20H17F2N7O2. The molecule has 1 aliphatic heterocycles. The zero-order chi connectivity index (χ0) is 21.8. The third kappa shape index (κ3) is 4.42. The van der Waals surface area contributed by atoms with Crippen molar-refractivity contribution < 1.29 is 18.3 Å². The van der Waals surface area contributed by atoms with Crippen LogP contribution < -0.4 is 15.0 Å². The molecule has 0 bridgehead atoms. The number of anilines is 1. The van der Waals surface area contributed by atoms with Crippen LogP contribution in [0.2, 0.25) is 0 Å². The van der Waals surface area contributed by atoms with Gasteiger partial charge in [-0.2, -0.15) is 10.4 Å². The first-order valence-electron chi connectivity index (χ1n) is 9.39. The fourth-order valence-electron chi connectivity index (χ4n) is 3.12. The van der Waals surface area contributed by atoms with E-state index in [2.05, 4.69) is 20.6 Å². The molecule has 9 nitrogen and oxygen atoms in total. The molecule has 0 atom stereocenters. The number of halogens is 2. The minimum Gasteiger partial charge on any atom is -0.470 e. The highest BCUT2D eigenvalue weighted by atomic mass is 19.3. The average Bonchev–Trinajstić information content (AvgIpc) is 3.21. The van der Waals surface area contributed by atoms with Gasteiger partial charge in [0, 0.05) is 24.7 Å². The first kappa shape index (κ1) is 20.2. The van der Waals surface area contributed by atoms with E-state index in [1.165, 1.54) is 35.1 Å². The Bertz CT molecular complexity index is 1110. The molecule has 3 aromatic rings. The zero-order valence-electron chi connectivity index (χ0n) is 16.2. The van der Waals surface area contributed by atoms with E-state index in [0.29, 0.717) is 35.9 Å². The lowest BCUT2D eigenvalue weighted by atomic mass is 10.2. The van der Waals surface area contributed by atoms with Crippen molar-refractivity contribution in [1.82, 2.24) is 25.3 Å². The van der Waals surface area contributed by atoms with Crippen molar-refractivity contribution in [2.75, 3.05) is 24.5 Å². The summed E-state index contributed by atoms with van der Waals surface area (Å²) >= 11 is 0. The Kier molecular flexibility index (Phi) is 5.70. The molecule has 1 saturated heterocycles. The number of nitrogens with zero attached hydrogens (tertiary/aromatic N) is 6. The van der Waals surface area contributed by atoms with Gasteiger partial charge in [-0.1, -0.05) is 12.1 Å². The highest BCUT2D eigenvalue weighted by Gasteiger charge is 2.18. The van der Waals surface area contributed by atoms with Gasteiger partial charge in [0.05, 0.1) is 29.7 Å². The van der Waals surface area contributed by atoms with E-state index in [1.807, 2.05) is 11.0 Å². The summed E-state index contributed by atoms with van der Waals surface area (Å²) in [6, 6.07) is 11.0. The number of piperazine rings is 1. The molecular weight excluding hydrogens is 408 g/mol. The number of nitrogens with one attached hydrogen (secondary N) is 1. The van der Waals surface area contributed by atoms with Gasteiger partial charge in [0.1, 0.15) is 12.7 Å². The van der Waals surface area contributed by atoms with Gasteiger partial charge in [-0.15, -0.1) is 10.2 Å². The number of hydrogen-bond acceptors (Lipinski definition) is 7. The predicted octanol–water partition coefficient (Wildman–Crippen LogP) is 1.99. The van der Waals surface area contributed by atoms with Crippen LogP contribution in [0.3, 0.4) is 0 Å². The molecule has 0 spiro atoms. The summed E-state index contributed by atoms with van der Waals surface area (Å²) in [6.45, 7) is 1.36. The zero-order valence-corrected chi connectivity index (χ0v) is 16.2. The summed E-state index contributed by atoms with van der Waals surface area (Å²) in [6.07, 6.45) is -1.18. The van der Waals surface area contributed by atoms with Gasteiger partial charge < -0.3 is 15.0 Å². The van der Waals surface area contributed by atoms with E-state index in [1.54, 1.807) is 12.1 Å². The van der Waals surface area contributed by atoms with Crippen molar-refractivity contribution in [3.8, 4) is 17.6 Å². The van der Waals surface area contributed by atoms with Crippen molar-refractivity contribution in [1.29, 1.82) is 5.26 Å². The normalized spacial score (nSPS) is 13.7. The van der Waals surface area contributed by atoms with E-state index >= 15 is 0 Å². The molecule has 158 valence electrons. The van der Waals surface area contributed by atoms with E-state index in [-0.39, 0.29) is 30.5 Å². The Labute approximate surface area is 175 Å². The molecule has 1 N–H and O–H groups in total. The minimum atomic E-state index is -2.56. The Hall–Kier alpha value is -4.07. The van der Waals surface area contributed by atoms with Crippen LogP contribution >= 0.6 is 0 Å². The molecule has 0 saturated carbocycles. The van der Waals surface area contributed by atoms with Crippen molar-refractivity contribution >= 4 is 11.7 Å². The molecule has 1 aliphatic rings. The van der Waals surface area contributed by atoms with Gasteiger partial charge in [-0.3, -0.25) is 4.79 Å². The summed E-state index contributed by atoms with van der Waals surface area (Å²) in [7, 11) is 0. The minimum absolute atomic E-state index is 0.0281. The summed E-state index contributed by atoms with van der Waals surface area (Å²) < 4.78 is 32.7. The maximum absolute atomic E-state index is 12.8. The standard InChI is InChI=1S/C20H17F2N7O2/c21-20(22)13-1-3-15(4-2-13)29-16(14(9-23)10-25-29)12-31-19-6-5-17(26-27-19)28-8-7-24-18(30)11-28/h1-6,10,20H,7-8,11-12H2,(H,24,30). The number of amides is 1. The average molecular weight is 425 g/mol. The van der Waals surface area contributed by atoms with Gasteiger partial charge in [0.25, 0.3) is 6.43 Å². The van der Waals surface area contributed by atoms with Gasteiger partial charge in [0.15, 0.2) is 5.82 Å². The van der Waals surface area contributed by atoms with Crippen LogP contribution in [0.15, 0.2) is 42.6 Å². The second kappa shape index (κ2) is 8.74. The van der Waals surface area contributed by atoms with Crippen LogP contribution in [0, 0.1) is 11.3 Å². The molecule has 0 aliphatic carbocycles. The first-order valence-corrected chi connectivity index (χ1v) is 9.39.